The molecule has 1 N–H and O–H groups in total. The highest BCUT2D eigenvalue weighted by Gasteiger charge is 2.13. The summed E-state index contributed by atoms with van der Waals surface area (Å²) in [6.07, 6.45) is 1.04. The van der Waals surface area contributed by atoms with Crippen molar-refractivity contribution in [3.63, 3.8) is 0 Å². The molecule has 0 aliphatic rings. The van der Waals surface area contributed by atoms with Crippen molar-refractivity contribution in [3.05, 3.63) is 95.6 Å². The summed E-state index contributed by atoms with van der Waals surface area (Å²) in [6, 6.07) is 27.5. The molecule has 0 bridgehead atoms. The highest BCUT2D eigenvalue weighted by atomic mass is 16.5. The first kappa shape index (κ1) is 19.0. The molecule has 0 aromatic heterocycles. The summed E-state index contributed by atoms with van der Waals surface area (Å²) in [5.41, 5.74) is 3.90. The average Bonchev–Trinajstić information content (AvgIpc) is 2.74. The molecular weight excluding hydrogens is 334 g/mol. The van der Waals surface area contributed by atoms with E-state index in [0.29, 0.717) is 5.92 Å². The summed E-state index contributed by atoms with van der Waals surface area (Å²) >= 11 is 0. The van der Waals surface area contributed by atoms with Crippen molar-refractivity contribution in [2.45, 2.75) is 18.9 Å². The molecule has 3 heteroatoms. The third kappa shape index (κ3) is 5.11. The third-order valence-electron chi connectivity index (χ3n) is 4.79. The van der Waals surface area contributed by atoms with Gasteiger partial charge in [0, 0.05) is 12.5 Å². The van der Waals surface area contributed by atoms with E-state index in [2.05, 4.69) is 72.0 Å². The molecule has 0 amide bonds. The topological polar surface area (TPSA) is 30.5 Å². The smallest absolute Gasteiger partial charge is 0.161 e. The lowest BCUT2D eigenvalue weighted by Gasteiger charge is -2.18. The molecule has 0 radical (unpaired) electrons. The Morgan fingerprint density at radius 2 is 1.33 bits per heavy atom. The molecular formula is C24H27NO2. The van der Waals surface area contributed by atoms with Gasteiger partial charge in [-0.15, -0.1) is 0 Å². The van der Waals surface area contributed by atoms with Gasteiger partial charge < -0.3 is 14.8 Å². The molecule has 3 nitrogen and oxygen atoms in total. The highest BCUT2D eigenvalue weighted by Crippen LogP contribution is 2.28. The van der Waals surface area contributed by atoms with Crippen molar-refractivity contribution in [1.29, 1.82) is 0 Å². The summed E-state index contributed by atoms with van der Waals surface area (Å²) < 4.78 is 10.7. The number of nitrogens with one attached hydrogen (secondary N) is 1. The minimum Gasteiger partial charge on any atom is -0.493 e. The fourth-order valence-electron chi connectivity index (χ4n) is 3.37. The van der Waals surface area contributed by atoms with E-state index in [9.17, 15) is 0 Å². The maximum absolute atomic E-state index is 5.38. The van der Waals surface area contributed by atoms with E-state index in [4.69, 9.17) is 9.47 Å². The van der Waals surface area contributed by atoms with Crippen LogP contribution < -0.4 is 14.8 Å². The van der Waals surface area contributed by atoms with Gasteiger partial charge in [-0.05, 0) is 41.8 Å². The average molecular weight is 361 g/mol. The van der Waals surface area contributed by atoms with Crippen LogP contribution in [0.1, 0.15) is 29.0 Å². The van der Waals surface area contributed by atoms with Crippen LogP contribution in [0.5, 0.6) is 11.5 Å². The molecule has 140 valence electrons. The van der Waals surface area contributed by atoms with Crippen LogP contribution in [0.2, 0.25) is 0 Å². The molecule has 0 unspecified atom stereocenters. The summed E-state index contributed by atoms with van der Waals surface area (Å²) in [6.45, 7) is 1.74. The normalized spacial score (nSPS) is 10.8. The van der Waals surface area contributed by atoms with E-state index >= 15 is 0 Å². The standard InChI is InChI=1S/C24H27NO2/c1-26-23-14-13-19(17-24(23)27-2)18-25-16-15-22(20-9-5-3-6-10-20)21-11-7-4-8-12-21/h3-14,17,22,25H,15-16,18H2,1-2H3. The molecule has 3 rings (SSSR count). The fourth-order valence-corrected chi connectivity index (χ4v) is 3.37. The molecule has 0 atom stereocenters. The van der Waals surface area contributed by atoms with Crippen molar-refractivity contribution in [2.75, 3.05) is 20.8 Å². The van der Waals surface area contributed by atoms with Gasteiger partial charge in [-0.3, -0.25) is 0 Å². The molecule has 0 spiro atoms. The quantitative estimate of drug-likeness (QED) is 0.543. The Labute approximate surface area is 162 Å². The van der Waals surface area contributed by atoms with Gasteiger partial charge in [-0.2, -0.15) is 0 Å². The molecule has 27 heavy (non-hydrogen) atoms. The third-order valence-corrected chi connectivity index (χ3v) is 4.79. The van der Waals surface area contributed by atoms with Crippen molar-refractivity contribution in [1.82, 2.24) is 5.32 Å². The second kappa shape index (κ2) is 9.79. The zero-order chi connectivity index (χ0) is 18.9. The second-order valence-electron chi connectivity index (χ2n) is 6.53. The molecule has 0 saturated heterocycles. The van der Waals surface area contributed by atoms with Crippen LogP contribution in [-0.2, 0) is 6.54 Å². The summed E-state index contributed by atoms with van der Waals surface area (Å²) in [4.78, 5) is 0. The number of hydrogen-bond acceptors (Lipinski definition) is 3. The molecule has 3 aromatic carbocycles. The van der Waals surface area contributed by atoms with E-state index in [-0.39, 0.29) is 0 Å². The largest absolute Gasteiger partial charge is 0.493 e. The van der Waals surface area contributed by atoms with Crippen molar-refractivity contribution in [3.8, 4) is 11.5 Å². The Bertz CT molecular complexity index is 779. The van der Waals surface area contributed by atoms with Crippen molar-refractivity contribution < 1.29 is 9.47 Å². The van der Waals surface area contributed by atoms with Crippen LogP contribution in [0.4, 0.5) is 0 Å². The second-order valence-corrected chi connectivity index (χ2v) is 6.53. The van der Waals surface area contributed by atoms with Gasteiger partial charge in [0.1, 0.15) is 0 Å². The minimum absolute atomic E-state index is 0.394. The SMILES string of the molecule is COc1ccc(CNCCC(c2ccccc2)c2ccccc2)cc1OC. The number of ether oxygens (including phenoxy) is 2. The van der Waals surface area contributed by atoms with Gasteiger partial charge in [-0.25, -0.2) is 0 Å². The Kier molecular flexibility index (Phi) is 6.89. The van der Waals surface area contributed by atoms with Crippen LogP contribution in [0.15, 0.2) is 78.9 Å². The molecule has 0 aliphatic carbocycles. The molecule has 3 aromatic rings. The Morgan fingerprint density at radius 1 is 0.741 bits per heavy atom. The lowest BCUT2D eigenvalue weighted by atomic mass is 9.88. The highest BCUT2D eigenvalue weighted by molar-refractivity contribution is 5.42. The summed E-state index contributed by atoms with van der Waals surface area (Å²) in [7, 11) is 3.32. The molecule has 0 aliphatic heterocycles. The van der Waals surface area contributed by atoms with Crippen LogP contribution in [0.25, 0.3) is 0 Å². The summed E-state index contributed by atoms with van der Waals surface area (Å²) in [5, 5.41) is 3.56. The van der Waals surface area contributed by atoms with Gasteiger partial charge in [0.15, 0.2) is 11.5 Å². The van der Waals surface area contributed by atoms with Crippen LogP contribution >= 0.6 is 0 Å². The van der Waals surface area contributed by atoms with Gasteiger partial charge in [-0.1, -0.05) is 66.7 Å². The number of hydrogen-bond donors (Lipinski definition) is 1. The first-order valence-electron chi connectivity index (χ1n) is 9.33. The van der Waals surface area contributed by atoms with E-state index in [1.54, 1.807) is 14.2 Å². The Hall–Kier alpha value is -2.78. The number of methoxy groups -OCH3 is 2. The van der Waals surface area contributed by atoms with E-state index in [1.165, 1.54) is 16.7 Å². The van der Waals surface area contributed by atoms with Crippen molar-refractivity contribution in [2.24, 2.45) is 0 Å². The molecule has 0 saturated carbocycles. The van der Waals surface area contributed by atoms with E-state index in [1.807, 2.05) is 12.1 Å². The maximum Gasteiger partial charge on any atom is 0.161 e. The van der Waals surface area contributed by atoms with Crippen molar-refractivity contribution >= 4 is 0 Å². The molecule has 0 heterocycles. The van der Waals surface area contributed by atoms with Crippen LogP contribution in [0, 0.1) is 0 Å². The van der Waals surface area contributed by atoms with Gasteiger partial charge in [0.25, 0.3) is 0 Å². The number of rotatable bonds is 9. The Morgan fingerprint density at radius 3 is 1.89 bits per heavy atom. The Balaban J connectivity index is 1.62. The zero-order valence-electron chi connectivity index (χ0n) is 16.0. The zero-order valence-corrected chi connectivity index (χ0v) is 16.0. The van der Waals surface area contributed by atoms with Gasteiger partial charge in [0.2, 0.25) is 0 Å². The predicted molar refractivity (Wildman–Crippen MR) is 111 cm³/mol. The fraction of sp³-hybridized carbons (Fsp3) is 0.250. The van der Waals surface area contributed by atoms with E-state index in [0.717, 1.165) is 31.0 Å². The lowest BCUT2D eigenvalue weighted by Crippen LogP contribution is -2.18. The van der Waals surface area contributed by atoms with Gasteiger partial charge >= 0.3 is 0 Å². The lowest BCUT2D eigenvalue weighted by molar-refractivity contribution is 0.354. The van der Waals surface area contributed by atoms with E-state index < -0.39 is 0 Å². The first-order chi connectivity index (χ1) is 13.3. The first-order valence-corrected chi connectivity index (χ1v) is 9.33. The van der Waals surface area contributed by atoms with Crippen LogP contribution in [-0.4, -0.2) is 20.8 Å². The van der Waals surface area contributed by atoms with Gasteiger partial charge in [0.05, 0.1) is 14.2 Å². The van der Waals surface area contributed by atoms with Crippen LogP contribution in [0.3, 0.4) is 0 Å². The summed E-state index contributed by atoms with van der Waals surface area (Å²) in [5.74, 6) is 1.92. The maximum atomic E-state index is 5.38. The predicted octanol–water partition coefficient (Wildman–Crippen LogP) is 5.02. The molecule has 0 fully saturated rings. The monoisotopic (exact) mass is 361 g/mol. The number of benzene rings is 3. The minimum atomic E-state index is 0.394.